The topological polar surface area (TPSA) is 93.8 Å². The van der Waals surface area contributed by atoms with Crippen LogP contribution in [-0.4, -0.2) is 16.9 Å². The molecule has 3 aromatic rings. The van der Waals surface area contributed by atoms with Crippen LogP contribution in [0, 0.1) is 0 Å². The van der Waals surface area contributed by atoms with E-state index >= 15 is 0 Å². The second kappa shape index (κ2) is 6.37. The van der Waals surface area contributed by atoms with Gasteiger partial charge < -0.3 is 14.3 Å². The van der Waals surface area contributed by atoms with Gasteiger partial charge in [0.15, 0.2) is 5.78 Å². The summed E-state index contributed by atoms with van der Waals surface area (Å²) in [5, 5.41) is 9.84. The molecule has 0 saturated heterocycles. The highest BCUT2D eigenvalue weighted by molar-refractivity contribution is 6.10. The Labute approximate surface area is 135 Å². The van der Waals surface area contributed by atoms with Crippen molar-refractivity contribution in [1.82, 2.24) is 0 Å². The van der Waals surface area contributed by atoms with Gasteiger partial charge in [-0.2, -0.15) is 0 Å². The van der Waals surface area contributed by atoms with Gasteiger partial charge in [0.25, 0.3) is 0 Å². The zero-order chi connectivity index (χ0) is 17.1. The summed E-state index contributed by atoms with van der Waals surface area (Å²) < 4.78 is 9.67. The van der Waals surface area contributed by atoms with E-state index in [0.717, 1.165) is 6.07 Å². The summed E-state index contributed by atoms with van der Waals surface area (Å²) in [6.07, 6.45) is -0.142. The highest BCUT2D eigenvalue weighted by atomic mass is 16.5. The fraction of sp³-hybridized carbons (Fsp3) is 0.0556. The van der Waals surface area contributed by atoms with Crippen LogP contribution in [0.25, 0.3) is 11.0 Å². The SMILES string of the molecule is O=C1CC(=O)c2ccccc2O1.O=c1cc(O)c2ccccc2o1. The van der Waals surface area contributed by atoms with Gasteiger partial charge in [-0.05, 0) is 24.3 Å². The number of ketones is 1. The third kappa shape index (κ3) is 3.17. The Hall–Kier alpha value is -3.41. The molecule has 2 heterocycles. The van der Waals surface area contributed by atoms with Crippen molar-refractivity contribution in [1.29, 1.82) is 0 Å². The summed E-state index contributed by atoms with van der Waals surface area (Å²) in [5.41, 5.74) is 0.366. The van der Waals surface area contributed by atoms with Gasteiger partial charge in [0.05, 0.1) is 17.0 Å². The summed E-state index contributed by atoms with van der Waals surface area (Å²) in [5.74, 6) is -0.304. The van der Waals surface area contributed by atoms with Crippen LogP contribution in [-0.2, 0) is 4.79 Å². The molecule has 6 heteroatoms. The summed E-state index contributed by atoms with van der Waals surface area (Å²) >= 11 is 0. The number of carbonyl (C=O) groups excluding carboxylic acids is 2. The van der Waals surface area contributed by atoms with E-state index in [1.807, 2.05) is 0 Å². The predicted molar refractivity (Wildman–Crippen MR) is 85.2 cm³/mol. The lowest BCUT2D eigenvalue weighted by molar-refractivity contribution is -0.133. The lowest BCUT2D eigenvalue weighted by Crippen LogP contribution is -2.20. The van der Waals surface area contributed by atoms with Crippen LogP contribution < -0.4 is 10.4 Å². The first-order valence-electron chi connectivity index (χ1n) is 7.09. The van der Waals surface area contributed by atoms with E-state index in [4.69, 9.17) is 9.15 Å². The van der Waals surface area contributed by atoms with Gasteiger partial charge in [0.2, 0.25) is 0 Å². The Kier molecular flexibility index (Phi) is 4.11. The second-order valence-corrected chi connectivity index (χ2v) is 5.02. The van der Waals surface area contributed by atoms with E-state index in [-0.39, 0.29) is 18.0 Å². The van der Waals surface area contributed by atoms with Crippen molar-refractivity contribution in [2.24, 2.45) is 0 Å². The van der Waals surface area contributed by atoms with Crippen molar-refractivity contribution in [2.45, 2.75) is 6.42 Å². The average molecular weight is 324 g/mol. The molecular formula is C18H12O6. The first-order valence-corrected chi connectivity index (χ1v) is 7.09. The van der Waals surface area contributed by atoms with E-state index < -0.39 is 11.6 Å². The first-order chi connectivity index (χ1) is 11.5. The molecule has 24 heavy (non-hydrogen) atoms. The number of carbonyl (C=O) groups is 2. The number of benzene rings is 2. The summed E-state index contributed by atoms with van der Waals surface area (Å²) in [7, 11) is 0. The molecule has 2 aromatic carbocycles. The molecule has 0 fully saturated rings. The highest BCUT2D eigenvalue weighted by Gasteiger charge is 2.23. The van der Waals surface area contributed by atoms with Crippen molar-refractivity contribution in [3.05, 3.63) is 70.6 Å². The van der Waals surface area contributed by atoms with Gasteiger partial charge in [-0.3, -0.25) is 9.59 Å². The van der Waals surface area contributed by atoms with Gasteiger partial charge in [0, 0.05) is 0 Å². The Morgan fingerprint density at radius 1 is 0.917 bits per heavy atom. The third-order valence-corrected chi connectivity index (χ3v) is 3.34. The molecule has 0 spiro atoms. The van der Waals surface area contributed by atoms with Crippen LogP contribution in [0.2, 0.25) is 0 Å². The van der Waals surface area contributed by atoms with Crippen LogP contribution in [0.1, 0.15) is 16.8 Å². The third-order valence-electron chi connectivity index (χ3n) is 3.34. The van der Waals surface area contributed by atoms with Crippen molar-refractivity contribution in [3.8, 4) is 11.5 Å². The number of para-hydroxylation sites is 2. The number of fused-ring (bicyclic) bond motifs is 2. The molecule has 6 nitrogen and oxygen atoms in total. The van der Waals surface area contributed by atoms with Gasteiger partial charge in [0.1, 0.15) is 23.5 Å². The summed E-state index contributed by atoms with van der Waals surface area (Å²) in [4.78, 5) is 32.8. The molecular weight excluding hydrogens is 312 g/mol. The van der Waals surface area contributed by atoms with Crippen molar-refractivity contribution in [3.63, 3.8) is 0 Å². The molecule has 1 N–H and O–H groups in total. The monoisotopic (exact) mass is 324 g/mol. The maximum Gasteiger partial charge on any atom is 0.339 e. The molecule has 1 aromatic heterocycles. The minimum absolute atomic E-state index is 0.0400. The first kappa shape index (κ1) is 15.5. The van der Waals surface area contributed by atoms with Crippen LogP contribution in [0.5, 0.6) is 11.5 Å². The maximum absolute atomic E-state index is 11.2. The van der Waals surface area contributed by atoms with Crippen LogP contribution in [0.15, 0.2) is 63.8 Å². The van der Waals surface area contributed by atoms with E-state index in [1.54, 1.807) is 48.5 Å². The number of Topliss-reactive ketones (excluding diaryl/α,β-unsaturated/α-hetero) is 1. The largest absolute Gasteiger partial charge is 0.507 e. The van der Waals surface area contributed by atoms with Crippen LogP contribution in [0.4, 0.5) is 0 Å². The molecule has 120 valence electrons. The number of aromatic hydroxyl groups is 1. The van der Waals surface area contributed by atoms with E-state index in [0.29, 0.717) is 22.3 Å². The van der Waals surface area contributed by atoms with Gasteiger partial charge in [-0.1, -0.05) is 24.3 Å². The molecule has 4 rings (SSSR count). The standard InChI is InChI=1S/2C9H6O3/c2*10-7-5-9(11)12-8-4-2-1-3-6(7)8/h1-4H,5H2;1-5,10H. The molecule has 0 saturated carbocycles. The minimum atomic E-state index is -0.536. The summed E-state index contributed by atoms with van der Waals surface area (Å²) in [6.45, 7) is 0. The molecule has 1 aliphatic heterocycles. The number of hydrogen-bond acceptors (Lipinski definition) is 6. The second-order valence-electron chi connectivity index (χ2n) is 5.02. The van der Waals surface area contributed by atoms with Gasteiger partial charge in [-0.25, -0.2) is 4.79 Å². The normalized spacial score (nSPS) is 12.8. The lowest BCUT2D eigenvalue weighted by Gasteiger charge is -2.13. The smallest absolute Gasteiger partial charge is 0.339 e. The molecule has 0 aliphatic carbocycles. The number of ether oxygens (including phenoxy) is 1. The van der Waals surface area contributed by atoms with E-state index in [2.05, 4.69) is 0 Å². The maximum atomic E-state index is 11.2. The quantitative estimate of drug-likeness (QED) is 0.296. The Morgan fingerprint density at radius 3 is 2.46 bits per heavy atom. The highest BCUT2D eigenvalue weighted by Crippen LogP contribution is 2.24. The molecule has 0 bridgehead atoms. The predicted octanol–water partition coefficient (Wildman–Crippen LogP) is 2.68. The molecule has 0 amide bonds. The van der Waals surface area contributed by atoms with E-state index in [9.17, 15) is 19.5 Å². The van der Waals surface area contributed by atoms with Crippen molar-refractivity contribution < 1.29 is 23.8 Å². The average Bonchev–Trinajstić information content (AvgIpc) is 2.55. The van der Waals surface area contributed by atoms with Crippen molar-refractivity contribution in [2.75, 3.05) is 0 Å². The van der Waals surface area contributed by atoms with E-state index in [1.165, 1.54) is 0 Å². The summed E-state index contributed by atoms with van der Waals surface area (Å²) in [6, 6.07) is 14.6. The fourth-order valence-corrected chi connectivity index (χ4v) is 2.27. The van der Waals surface area contributed by atoms with Gasteiger partial charge in [-0.15, -0.1) is 0 Å². The lowest BCUT2D eigenvalue weighted by atomic mass is 10.1. The number of esters is 1. The Morgan fingerprint density at radius 2 is 1.62 bits per heavy atom. The minimum Gasteiger partial charge on any atom is -0.507 e. The zero-order valence-corrected chi connectivity index (χ0v) is 12.4. The number of hydrogen-bond donors (Lipinski definition) is 1. The molecule has 0 radical (unpaired) electrons. The molecule has 1 aliphatic rings. The Balaban J connectivity index is 0.000000141. The molecule has 0 unspecified atom stereocenters. The number of rotatable bonds is 0. The van der Waals surface area contributed by atoms with Crippen molar-refractivity contribution >= 4 is 22.7 Å². The Bertz CT molecular complexity index is 986. The fourth-order valence-electron chi connectivity index (χ4n) is 2.27. The molecule has 0 atom stereocenters. The van der Waals surface area contributed by atoms with Crippen LogP contribution >= 0.6 is 0 Å². The zero-order valence-electron chi connectivity index (χ0n) is 12.4. The van der Waals surface area contributed by atoms with Crippen LogP contribution in [0.3, 0.4) is 0 Å². The van der Waals surface area contributed by atoms with Gasteiger partial charge >= 0.3 is 11.6 Å².